The van der Waals surface area contributed by atoms with Crippen LogP contribution in [-0.4, -0.2) is 71.3 Å². The maximum Gasteiger partial charge on any atom is 0.319 e. The standard InChI is InChI=1S/C39H54N4O4/c1-26-35(24-43-16-4-5-34(43)23-42-14-2-3-15-42)46-37(47-36(26)31-8-6-27(25-44)7-9-31)32-10-12-33(13-11-32)40-38(45)41-39-20-28-17-29(21-39)19-30(18-28)22-39/h6-13,26,28-30,34-37,44H,2-5,14-25H2,1H3,(H2,40,41,45)/t26-,28?,29?,30?,34-,35+,36+,37+,39?/m0/s1. The summed E-state index contributed by atoms with van der Waals surface area (Å²) in [6.45, 7) is 7.94. The molecule has 3 N–H and O–H groups in total. The second kappa shape index (κ2) is 13.4. The van der Waals surface area contributed by atoms with Gasteiger partial charge in [0.1, 0.15) is 0 Å². The Bertz CT molecular complexity index is 1340. The number of rotatable bonds is 9. The predicted octanol–water partition coefficient (Wildman–Crippen LogP) is 6.62. The maximum atomic E-state index is 13.2. The lowest BCUT2D eigenvalue weighted by atomic mass is 9.53. The number of ether oxygens (including phenoxy) is 2. The van der Waals surface area contributed by atoms with Gasteiger partial charge < -0.3 is 30.1 Å². The summed E-state index contributed by atoms with van der Waals surface area (Å²) < 4.78 is 13.6. The first-order valence-electron chi connectivity index (χ1n) is 18.6. The van der Waals surface area contributed by atoms with Crippen molar-refractivity contribution in [3.63, 3.8) is 0 Å². The first-order valence-corrected chi connectivity index (χ1v) is 18.6. The molecule has 0 unspecified atom stereocenters. The number of hydrogen-bond donors (Lipinski definition) is 3. The highest BCUT2D eigenvalue weighted by Gasteiger charge is 2.51. The van der Waals surface area contributed by atoms with Gasteiger partial charge in [0, 0.05) is 41.8 Å². The molecule has 7 aliphatic rings. The first-order chi connectivity index (χ1) is 22.9. The molecule has 0 radical (unpaired) electrons. The molecule has 7 fully saturated rings. The van der Waals surface area contributed by atoms with Gasteiger partial charge in [0.15, 0.2) is 6.29 Å². The van der Waals surface area contributed by atoms with Crippen molar-refractivity contribution in [2.45, 2.75) is 108 Å². The van der Waals surface area contributed by atoms with Gasteiger partial charge in [0.2, 0.25) is 0 Å². The fraction of sp³-hybridized carbons (Fsp3) is 0.667. The van der Waals surface area contributed by atoms with Crippen LogP contribution >= 0.6 is 0 Å². The molecular weight excluding hydrogens is 588 g/mol. The van der Waals surface area contributed by atoms with Crippen LogP contribution in [0.1, 0.15) is 100 Å². The monoisotopic (exact) mass is 642 g/mol. The van der Waals surface area contributed by atoms with E-state index in [4.69, 9.17) is 9.47 Å². The van der Waals surface area contributed by atoms with E-state index < -0.39 is 6.29 Å². The fourth-order valence-electron chi connectivity index (χ4n) is 10.6. The van der Waals surface area contributed by atoms with Crippen molar-refractivity contribution in [3.8, 4) is 0 Å². The van der Waals surface area contributed by atoms with E-state index >= 15 is 0 Å². The Morgan fingerprint density at radius 2 is 1.51 bits per heavy atom. The molecule has 5 atom stereocenters. The van der Waals surface area contributed by atoms with Crippen molar-refractivity contribution >= 4 is 11.7 Å². The third kappa shape index (κ3) is 6.86. The molecule has 4 saturated carbocycles. The molecule has 8 heteroatoms. The smallest absolute Gasteiger partial charge is 0.319 e. The van der Waals surface area contributed by atoms with Gasteiger partial charge in [-0.1, -0.05) is 43.3 Å². The number of carbonyl (C=O) groups excluding carboxylic acids is 1. The third-order valence-electron chi connectivity index (χ3n) is 12.6. The van der Waals surface area contributed by atoms with E-state index in [0.717, 1.165) is 79.0 Å². The quantitative estimate of drug-likeness (QED) is 0.285. The first kappa shape index (κ1) is 31.8. The van der Waals surface area contributed by atoms with Crippen LogP contribution in [-0.2, 0) is 16.1 Å². The minimum absolute atomic E-state index is 0.0124. The van der Waals surface area contributed by atoms with Crippen LogP contribution in [0.25, 0.3) is 0 Å². The van der Waals surface area contributed by atoms with Gasteiger partial charge in [-0.05, 0) is 125 Å². The van der Waals surface area contributed by atoms with Crippen molar-refractivity contribution in [1.29, 1.82) is 0 Å². The van der Waals surface area contributed by atoms with E-state index in [9.17, 15) is 9.90 Å². The Morgan fingerprint density at radius 1 is 0.851 bits per heavy atom. The van der Waals surface area contributed by atoms with Crippen LogP contribution in [0.5, 0.6) is 0 Å². The molecular formula is C39H54N4O4. The van der Waals surface area contributed by atoms with Crippen molar-refractivity contribution in [2.75, 3.05) is 38.0 Å². The summed E-state index contributed by atoms with van der Waals surface area (Å²) >= 11 is 0. The van der Waals surface area contributed by atoms with Crippen LogP contribution in [0.2, 0.25) is 0 Å². The molecule has 47 heavy (non-hydrogen) atoms. The molecule has 2 amide bonds. The van der Waals surface area contributed by atoms with Gasteiger partial charge in [-0.3, -0.25) is 4.90 Å². The van der Waals surface area contributed by atoms with E-state index in [0.29, 0.717) is 6.04 Å². The van der Waals surface area contributed by atoms with Crippen molar-refractivity contribution in [3.05, 3.63) is 65.2 Å². The Hall–Kier alpha value is -2.49. The van der Waals surface area contributed by atoms with Crippen LogP contribution in [0.4, 0.5) is 10.5 Å². The number of anilines is 1. The molecule has 8 nitrogen and oxygen atoms in total. The SMILES string of the molecule is C[C@H]1[C@@H](CN2CCC[C@H]2CN2CCCC2)O[C@@H](c2ccc(NC(=O)NC34CC5CC(CC(C5)C3)C4)cc2)O[C@H]1c1ccc(CO)cc1. The fourth-order valence-corrected chi connectivity index (χ4v) is 10.6. The number of likely N-dealkylation sites (tertiary alicyclic amines) is 2. The van der Waals surface area contributed by atoms with Crippen molar-refractivity contribution < 1.29 is 19.4 Å². The average molecular weight is 643 g/mol. The third-order valence-corrected chi connectivity index (χ3v) is 12.6. The highest BCUT2D eigenvalue weighted by atomic mass is 16.7. The zero-order valence-corrected chi connectivity index (χ0v) is 28.1. The number of amides is 2. The zero-order valence-electron chi connectivity index (χ0n) is 28.1. The van der Waals surface area contributed by atoms with Crippen LogP contribution < -0.4 is 10.6 Å². The Balaban J connectivity index is 0.957. The second-order valence-corrected chi connectivity index (χ2v) is 16.0. The normalized spacial score (nSPS) is 37.0. The Kier molecular flexibility index (Phi) is 9.08. The predicted molar refractivity (Wildman–Crippen MR) is 183 cm³/mol. The van der Waals surface area contributed by atoms with Crippen LogP contribution in [0.15, 0.2) is 48.5 Å². The number of hydrogen-bond acceptors (Lipinski definition) is 6. The second-order valence-electron chi connectivity index (χ2n) is 16.0. The van der Waals surface area contributed by atoms with Crippen molar-refractivity contribution in [1.82, 2.24) is 15.1 Å². The summed E-state index contributed by atoms with van der Waals surface area (Å²) in [5.41, 5.74) is 3.75. The molecule has 4 bridgehead atoms. The molecule has 3 saturated heterocycles. The molecule has 254 valence electrons. The Morgan fingerprint density at radius 3 is 2.17 bits per heavy atom. The number of benzene rings is 2. The van der Waals surface area contributed by atoms with E-state index in [-0.39, 0.29) is 36.3 Å². The highest BCUT2D eigenvalue weighted by molar-refractivity contribution is 5.89. The number of aliphatic hydroxyl groups excluding tert-OH is 1. The lowest BCUT2D eigenvalue weighted by Crippen LogP contribution is -2.60. The van der Waals surface area contributed by atoms with Crippen LogP contribution in [0.3, 0.4) is 0 Å². The minimum Gasteiger partial charge on any atom is -0.392 e. The lowest BCUT2D eigenvalue weighted by Gasteiger charge is -2.56. The number of urea groups is 1. The lowest BCUT2D eigenvalue weighted by molar-refractivity contribution is -0.276. The van der Waals surface area contributed by atoms with E-state index in [1.54, 1.807) is 0 Å². The van der Waals surface area contributed by atoms with Crippen molar-refractivity contribution in [2.24, 2.45) is 23.7 Å². The van der Waals surface area contributed by atoms with Gasteiger partial charge in [0.05, 0.1) is 18.8 Å². The van der Waals surface area contributed by atoms with Gasteiger partial charge in [-0.15, -0.1) is 0 Å². The molecule has 0 aromatic heterocycles. The molecule has 4 aliphatic carbocycles. The molecule has 3 heterocycles. The summed E-state index contributed by atoms with van der Waals surface area (Å²) in [6.07, 6.45) is 12.0. The molecule has 3 aliphatic heterocycles. The van der Waals surface area contributed by atoms with Crippen LogP contribution in [0, 0.1) is 23.7 Å². The Labute approximate surface area is 280 Å². The number of carbonyl (C=O) groups is 1. The molecule has 2 aromatic rings. The number of nitrogens with one attached hydrogen (secondary N) is 2. The minimum atomic E-state index is -0.506. The summed E-state index contributed by atoms with van der Waals surface area (Å²) in [6, 6.07) is 16.7. The zero-order chi connectivity index (χ0) is 32.0. The topological polar surface area (TPSA) is 86.3 Å². The van der Waals surface area contributed by atoms with Gasteiger partial charge in [-0.25, -0.2) is 4.79 Å². The highest BCUT2D eigenvalue weighted by Crippen LogP contribution is 2.55. The number of aliphatic hydroxyl groups is 1. The largest absolute Gasteiger partial charge is 0.392 e. The average Bonchev–Trinajstić information content (AvgIpc) is 3.74. The maximum absolute atomic E-state index is 13.2. The summed E-state index contributed by atoms with van der Waals surface area (Å²) in [4.78, 5) is 18.5. The molecule has 9 rings (SSSR count). The molecule has 0 spiro atoms. The summed E-state index contributed by atoms with van der Waals surface area (Å²) in [5.74, 6) is 2.54. The van der Waals surface area contributed by atoms with Gasteiger partial charge in [0.25, 0.3) is 0 Å². The number of nitrogens with zero attached hydrogens (tertiary/aromatic N) is 2. The van der Waals surface area contributed by atoms with E-state index in [1.165, 1.54) is 58.0 Å². The van der Waals surface area contributed by atoms with E-state index in [1.807, 2.05) is 36.4 Å². The summed E-state index contributed by atoms with van der Waals surface area (Å²) in [7, 11) is 0. The van der Waals surface area contributed by atoms with Gasteiger partial charge in [-0.2, -0.15) is 0 Å². The van der Waals surface area contributed by atoms with E-state index in [2.05, 4.69) is 39.5 Å². The molecule has 2 aromatic carbocycles. The van der Waals surface area contributed by atoms with Gasteiger partial charge >= 0.3 is 6.03 Å². The summed E-state index contributed by atoms with van der Waals surface area (Å²) in [5, 5.41) is 16.2.